The fourth-order valence-corrected chi connectivity index (χ4v) is 1.85. The summed E-state index contributed by atoms with van der Waals surface area (Å²) in [6, 6.07) is 4.95. The molecular formula is C14H18N4O2. The van der Waals surface area contributed by atoms with E-state index in [1.807, 2.05) is 13.1 Å². The van der Waals surface area contributed by atoms with E-state index in [2.05, 4.69) is 10.4 Å². The number of amides is 1. The minimum atomic E-state index is -0.181. The Hall–Kier alpha value is -2.50. The molecule has 2 rings (SSSR count). The highest BCUT2D eigenvalue weighted by atomic mass is 16.5. The van der Waals surface area contributed by atoms with Gasteiger partial charge < -0.3 is 15.8 Å². The van der Waals surface area contributed by atoms with Crippen LogP contribution in [0.1, 0.15) is 15.9 Å². The van der Waals surface area contributed by atoms with Crippen molar-refractivity contribution in [3.05, 3.63) is 41.7 Å². The maximum absolute atomic E-state index is 12.0. The molecule has 0 atom stereocenters. The summed E-state index contributed by atoms with van der Waals surface area (Å²) in [6.45, 7) is 3.09. The second kappa shape index (κ2) is 6.10. The molecule has 3 N–H and O–H groups in total. The Morgan fingerprint density at radius 2 is 2.25 bits per heavy atom. The van der Waals surface area contributed by atoms with Crippen LogP contribution in [-0.4, -0.2) is 29.3 Å². The van der Waals surface area contributed by atoms with Gasteiger partial charge in [-0.15, -0.1) is 0 Å². The number of anilines is 1. The number of nitrogens with two attached hydrogens (primary N) is 1. The van der Waals surface area contributed by atoms with Gasteiger partial charge in [0.25, 0.3) is 5.91 Å². The number of methoxy groups -OCH3 is 1. The molecule has 6 heteroatoms. The third kappa shape index (κ3) is 3.50. The van der Waals surface area contributed by atoms with Crippen LogP contribution in [0.4, 0.5) is 5.69 Å². The second-order valence-corrected chi connectivity index (χ2v) is 4.53. The quantitative estimate of drug-likeness (QED) is 0.803. The molecule has 106 valence electrons. The van der Waals surface area contributed by atoms with Crippen LogP contribution in [0.3, 0.4) is 0 Å². The molecule has 0 radical (unpaired) electrons. The van der Waals surface area contributed by atoms with Crippen LogP contribution in [0, 0.1) is 6.92 Å². The van der Waals surface area contributed by atoms with Gasteiger partial charge in [0, 0.05) is 30.1 Å². The highest BCUT2D eigenvalue weighted by Gasteiger charge is 2.08. The van der Waals surface area contributed by atoms with E-state index < -0.39 is 0 Å². The van der Waals surface area contributed by atoms with Crippen molar-refractivity contribution in [3.8, 4) is 5.75 Å². The first-order chi connectivity index (χ1) is 9.58. The molecule has 0 aliphatic carbocycles. The summed E-state index contributed by atoms with van der Waals surface area (Å²) in [4.78, 5) is 12.0. The molecular weight excluding hydrogens is 256 g/mol. The van der Waals surface area contributed by atoms with Crippen molar-refractivity contribution in [1.29, 1.82) is 0 Å². The molecule has 2 aromatic rings. The van der Waals surface area contributed by atoms with Crippen molar-refractivity contribution in [1.82, 2.24) is 15.1 Å². The van der Waals surface area contributed by atoms with Gasteiger partial charge >= 0.3 is 0 Å². The predicted octanol–water partition coefficient (Wildman–Crippen LogP) is 1.21. The zero-order valence-corrected chi connectivity index (χ0v) is 11.6. The van der Waals surface area contributed by atoms with Crippen molar-refractivity contribution in [2.24, 2.45) is 0 Å². The Bertz CT molecular complexity index is 607. The van der Waals surface area contributed by atoms with Crippen molar-refractivity contribution in [3.63, 3.8) is 0 Å². The summed E-state index contributed by atoms with van der Waals surface area (Å²) in [6.07, 6.45) is 3.71. The third-order valence-corrected chi connectivity index (χ3v) is 2.82. The number of ether oxygens (including phenoxy) is 1. The number of carbonyl (C=O) groups is 1. The highest BCUT2D eigenvalue weighted by Crippen LogP contribution is 2.18. The Morgan fingerprint density at radius 1 is 1.45 bits per heavy atom. The first kappa shape index (κ1) is 13.9. The van der Waals surface area contributed by atoms with Crippen LogP contribution in [0.15, 0.2) is 30.6 Å². The average Bonchev–Trinajstić information content (AvgIpc) is 2.83. The van der Waals surface area contributed by atoms with Crippen LogP contribution >= 0.6 is 0 Å². The Morgan fingerprint density at radius 3 is 2.90 bits per heavy atom. The zero-order valence-electron chi connectivity index (χ0n) is 11.6. The van der Waals surface area contributed by atoms with Crippen molar-refractivity contribution < 1.29 is 9.53 Å². The molecule has 0 fully saturated rings. The number of benzene rings is 1. The minimum Gasteiger partial charge on any atom is -0.497 e. The maximum Gasteiger partial charge on any atom is 0.251 e. The van der Waals surface area contributed by atoms with Gasteiger partial charge in [0.2, 0.25) is 0 Å². The first-order valence-electron chi connectivity index (χ1n) is 6.30. The number of nitrogens with zero attached hydrogens (tertiary/aromatic N) is 2. The number of hydrogen-bond donors (Lipinski definition) is 2. The summed E-state index contributed by atoms with van der Waals surface area (Å²) in [5.41, 5.74) is 7.80. The standard InChI is InChI=1S/C14H18N4O2/c1-10-8-17-18(9-10)4-3-16-14(19)11-5-12(15)7-13(6-11)20-2/h5-9H,3-4,15H2,1-2H3,(H,16,19). The lowest BCUT2D eigenvalue weighted by molar-refractivity contribution is 0.0951. The minimum absolute atomic E-state index is 0.181. The topological polar surface area (TPSA) is 82.2 Å². The monoisotopic (exact) mass is 274 g/mol. The summed E-state index contributed by atoms with van der Waals surface area (Å²) < 4.78 is 6.88. The number of carbonyl (C=O) groups excluding carboxylic acids is 1. The van der Waals surface area contributed by atoms with Gasteiger partial charge in [0.15, 0.2) is 0 Å². The lowest BCUT2D eigenvalue weighted by Crippen LogP contribution is -2.27. The van der Waals surface area contributed by atoms with Crippen molar-refractivity contribution in [2.45, 2.75) is 13.5 Å². The SMILES string of the molecule is COc1cc(N)cc(C(=O)NCCn2cc(C)cn2)c1. The maximum atomic E-state index is 12.0. The lowest BCUT2D eigenvalue weighted by Gasteiger charge is -2.08. The van der Waals surface area contributed by atoms with Gasteiger partial charge in [-0.3, -0.25) is 9.48 Å². The van der Waals surface area contributed by atoms with Gasteiger partial charge in [-0.1, -0.05) is 0 Å². The third-order valence-electron chi connectivity index (χ3n) is 2.82. The van der Waals surface area contributed by atoms with Gasteiger partial charge in [-0.05, 0) is 24.6 Å². The number of aryl methyl sites for hydroxylation is 1. The van der Waals surface area contributed by atoms with Crippen LogP contribution in [0.5, 0.6) is 5.75 Å². The zero-order chi connectivity index (χ0) is 14.5. The molecule has 6 nitrogen and oxygen atoms in total. The highest BCUT2D eigenvalue weighted by molar-refractivity contribution is 5.95. The van der Waals surface area contributed by atoms with Gasteiger partial charge in [0.05, 0.1) is 19.9 Å². The summed E-state index contributed by atoms with van der Waals surface area (Å²) in [5.74, 6) is 0.386. The Balaban J connectivity index is 1.93. The van der Waals surface area contributed by atoms with E-state index in [0.29, 0.717) is 30.1 Å². The molecule has 0 bridgehead atoms. The lowest BCUT2D eigenvalue weighted by atomic mass is 10.2. The largest absolute Gasteiger partial charge is 0.497 e. The smallest absolute Gasteiger partial charge is 0.251 e. The summed E-state index contributed by atoms with van der Waals surface area (Å²) >= 11 is 0. The second-order valence-electron chi connectivity index (χ2n) is 4.53. The molecule has 1 amide bonds. The Kier molecular flexibility index (Phi) is 4.24. The molecule has 20 heavy (non-hydrogen) atoms. The van der Waals surface area contributed by atoms with E-state index in [9.17, 15) is 4.79 Å². The Labute approximate surface area is 117 Å². The van der Waals surface area contributed by atoms with Crippen LogP contribution in [0.2, 0.25) is 0 Å². The van der Waals surface area contributed by atoms with E-state index >= 15 is 0 Å². The van der Waals surface area contributed by atoms with Gasteiger partial charge in [-0.25, -0.2) is 0 Å². The van der Waals surface area contributed by atoms with Crippen molar-refractivity contribution >= 4 is 11.6 Å². The van der Waals surface area contributed by atoms with E-state index in [0.717, 1.165) is 5.56 Å². The molecule has 0 saturated carbocycles. The molecule has 0 spiro atoms. The number of nitrogens with one attached hydrogen (secondary N) is 1. The van der Waals surface area contributed by atoms with Crippen LogP contribution in [-0.2, 0) is 6.54 Å². The number of hydrogen-bond acceptors (Lipinski definition) is 4. The van der Waals surface area contributed by atoms with Gasteiger partial charge in [-0.2, -0.15) is 5.10 Å². The van der Waals surface area contributed by atoms with E-state index in [1.54, 1.807) is 29.1 Å². The fourth-order valence-electron chi connectivity index (χ4n) is 1.85. The van der Waals surface area contributed by atoms with E-state index in [1.165, 1.54) is 7.11 Å². The average molecular weight is 274 g/mol. The van der Waals surface area contributed by atoms with Gasteiger partial charge in [0.1, 0.15) is 5.75 Å². The molecule has 0 saturated heterocycles. The summed E-state index contributed by atoms with van der Waals surface area (Å²) in [7, 11) is 1.54. The molecule has 1 heterocycles. The molecule has 0 aliphatic rings. The first-order valence-corrected chi connectivity index (χ1v) is 6.30. The molecule has 1 aromatic heterocycles. The molecule has 1 aromatic carbocycles. The number of nitrogen functional groups attached to an aromatic ring is 1. The molecule has 0 unspecified atom stereocenters. The van der Waals surface area contributed by atoms with Crippen LogP contribution < -0.4 is 15.8 Å². The molecule has 0 aliphatic heterocycles. The fraction of sp³-hybridized carbons (Fsp3) is 0.286. The van der Waals surface area contributed by atoms with Crippen LogP contribution in [0.25, 0.3) is 0 Å². The van der Waals surface area contributed by atoms with Crippen molar-refractivity contribution in [2.75, 3.05) is 19.4 Å². The number of aromatic nitrogens is 2. The summed E-state index contributed by atoms with van der Waals surface area (Å²) in [5, 5.41) is 6.98. The van der Waals surface area contributed by atoms with E-state index in [-0.39, 0.29) is 5.91 Å². The normalized spacial score (nSPS) is 10.3. The predicted molar refractivity (Wildman–Crippen MR) is 76.7 cm³/mol. The number of rotatable bonds is 5. The van der Waals surface area contributed by atoms with E-state index in [4.69, 9.17) is 10.5 Å².